The van der Waals surface area contributed by atoms with Crippen LogP contribution in [0.2, 0.25) is 0 Å². The Morgan fingerprint density at radius 2 is 1.87 bits per heavy atom. The molecule has 0 saturated carbocycles. The summed E-state index contributed by atoms with van der Waals surface area (Å²) in [5.41, 5.74) is 1.34. The Balaban J connectivity index is 1.38. The molecule has 2 aliphatic rings. The lowest BCUT2D eigenvalue weighted by Crippen LogP contribution is -2.53. The van der Waals surface area contributed by atoms with Gasteiger partial charge in [-0.15, -0.1) is 11.3 Å². The van der Waals surface area contributed by atoms with E-state index in [1.54, 1.807) is 16.2 Å². The van der Waals surface area contributed by atoms with Crippen molar-refractivity contribution in [2.45, 2.75) is 30.7 Å². The Bertz CT molecular complexity index is 1020. The number of carbonyl (C=O) groups is 1. The Morgan fingerprint density at radius 1 is 1.13 bits per heavy atom. The van der Waals surface area contributed by atoms with Gasteiger partial charge < -0.3 is 4.90 Å². The van der Waals surface area contributed by atoms with Gasteiger partial charge >= 0.3 is 0 Å². The third-order valence-electron chi connectivity index (χ3n) is 5.98. The number of piperazine rings is 1. The Kier molecular flexibility index (Phi) is 6.24. The number of nitrogens with zero attached hydrogens (tertiary/aromatic N) is 3. The molecule has 1 unspecified atom stereocenters. The van der Waals surface area contributed by atoms with Gasteiger partial charge in [-0.2, -0.15) is 4.31 Å². The average Bonchev–Trinajstić information content (AvgIpc) is 3.23. The molecule has 1 amide bonds. The standard InChI is InChI=1S/C21H26FN3O3S2/c1-2-18-16-8-14-29-19(16)7-9-24(18)15-21(26)23-10-12-25(13-11-23)30(27,28)20-6-4-3-5-17(20)22/h3-6,8,14,18H,2,7,9-13,15H2,1H3. The molecule has 0 N–H and O–H groups in total. The SMILES string of the molecule is CCC1c2ccsc2CCN1CC(=O)N1CCN(S(=O)(=O)c2ccccc2F)CC1. The second-order valence-corrected chi connectivity index (χ2v) is 10.6. The zero-order valence-electron chi connectivity index (χ0n) is 17.0. The van der Waals surface area contributed by atoms with Crippen molar-refractivity contribution in [3.05, 3.63) is 52.0 Å². The number of halogens is 1. The van der Waals surface area contributed by atoms with Crippen LogP contribution in [0.3, 0.4) is 0 Å². The normalized spacial score (nSPS) is 20.9. The Labute approximate surface area is 180 Å². The number of sulfonamides is 1. The molecule has 3 heterocycles. The summed E-state index contributed by atoms with van der Waals surface area (Å²) in [6, 6.07) is 7.82. The maximum absolute atomic E-state index is 14.0. The minimum atomic E-state index is -3.90. The van der Waals surface area contributed by atoms with Crippen LogP contribution in [0.4, 0.5) is 4.39 Å². The summed E-state index contributed by atoms with van der Waals surface area (Å²) in [7, 11) is -3.90. The number of amides is 1. The highest BCUT2D eigenvalue weighted by Crippen LogP contribution is 2.35. The van der Waals surface area contributed by atoms with Gasteiger partial charge in [0, 0.05) is 43.6 Å². The molecule has 2 aromatic rings. The van der Waals surface area contributed by atoms with Gasteiger partial charge in [0.1, 0.15) is 10.7 Å². The first kappa shape index (κ1) is 21.4. The van der Waals surface area contributed by atoms with E-state index < -0.39 is 15.8 Å². The van der Waals surface area contributed by atoms with Gasteiger partial charge in [-0.05, 0) is 42.0 Å². The van der Waals surface area contributed by atoms with Gasteiger partial charge in [-0.3, -0.25) is 9.69 Å². The van der Waals surface area contributed by atoms with Crippen molar-refractivity contribution in [2.75, 3.05) is 39.3 Å². The van der Waals surface area contributed by atoms with Gasteiger partial charge in [-0.1, -0.05) is 19.1 Å². The van der Waals surface area contributed by atoms with E-state index in [0.717, 1.165) is 25.5 Å². The molecule has 1 fully saturated rings. The molecular formula is C21H26FN3O3S2. The molecule has 2 aliphatic heterocycles. The summed E-state index contributed by atoms with van der Waals surface area (Å²) < 4.78 is 40.7. The molecular weight excluding hydrogens is 425 g/mol. The number of benzene rings is 1. The fourth-order valence-electron chi connectivity index (χ4n) is 4.36. The van der Waals surface area contributed by atoms with Crippen LogP contribution in [-0.2, 0) is 21.2 Å². The molecule has 1 aromatic heterocycles. The van der Waals surface area contributed by atoms with Crippen molar-refractivity contribution in [3.8, 4) is 0 Å². The molecule has 0 bridgehead atoms. The van der Waals surface area contributed by atoms with Crippen LogP contribution in [0.15, 0.2) is 40.6 Å². The smallest absolute Gasteiger partial charge is 0.246 e. The molecule has 4 rings (SSSR count). The molecule has 0 spiro atoms. The monoisotopic (exact) mass is 451 g/mol. The summed E-state index contributed by atoms with van der Waals surface area (Å²) >= 11 is 1.78. The lowest BCUT2D eigenvalue weighted by atomic mass is 9.98. The van der Waals surface area contributed by atoms with Crippen LogP contribution < -0.4 is 0 Å². The number of thiophene rings is 1. The number of hydrogen-bond acceptors (Lipinski definition) is 5. The number of rotatable bonds is 5. The zero-order chi connectivity index (χ0) is 21.3. The summed E-state index contributed by atoms with van der Waals surface area (Å²) in [5, 5.41) is 2.12. The van der Waals surface area contributed by atoms with Gasteiger partial charge in [0.05, 0.1) is 6.54 Å². The van der Waals surface area contributed by atoms with Crippen LogP contribution in [0.5, 0.6) is 0 Å². The predicted molar refractivity (Wildman–Crippen MR) is 114 cm³/mol. The summed E-state index contributed by atoms with van der Waals surface area (Å²) in [6.07, 6.45) is 1.91. The summed E-state index contributed by atoms with van der Waals surface area (Å²) in [4.78, 5) is 18.0. The molecule has 6 nitrogen and oxygen atoms in total. The fourth-order valence-corrected chi connectivity index (χ4v) is 6.78. The molecule has 0 aliphatic carbocycles. The number of carbonyl (C=O) groups excluding carboxylic acids is 1. The predicted octanol–water partition coefficient (Wildman–Crippen LogP) is 2.73. The largest absolute Gasteiger partial charge is 0.339 e. The van der Waals surface area contributed by atoms with Crippen molar-refractivity contribution in [3.63, 3.8) is 0 Å². The van der Waals surface area contributed by atoms with Crippen LogP contribution in [0.1, 0.15) is 29.8 Å². The lowest BCUT2D eigenvalue weighted by Gasteiger charge is -2.38. The third-order valence-corrected chi connectivity index (χ3v) is 8.90. The van der Waals surface area contributed by atoms with Gasteiger partial charge in [0.25, 0.3) is 0 Å². The van der Waals surface area contributed by atoms with Crippen LogP contribution >= 0.6 is 11.3 Å². The molecule has 1 atom stereocenters. The summed E-state index contributed by atoms with van der Waals surface area (Å²) in [6.45, 7) is 4.33. The quantitative estimate of drug-likeness (QED) is 0.701. The third kappa shape index (κ3) is 4.03. The van der Waals surface area contributed by atoms with E-state index in [4.69, 9.17) is 0 Å². The maximum atomic E-state index is 14.0. The highest BCUT2D eigenvalue weighted by atomic mass is 32.2. The second-order valence-electron chi connectivity index (χ2n) is 7.66. The molecule has 0 radical (unpaired) electrons. The summed E-state index contributed by atoms with van der Waals surface area (Å²) in [5.74, 6) is -0.727. The van der Waals surface area contributed by atoms with E-state index in [1.807, 2.05) is 0 Å². The first-order chi connectivity index (χ1) is 14.4. The molecule has 1 aromatic carbocycles. The van der Waals surface area contributed by atoms with Crippen molar-refractivity contribution in [2.24, 2.45) is 0 Å². The van der Waals surface area contributed by atoms with E-state index in [9.17, 15) is 17.6 Å². The highest BCUT2D eigenvalue weighted by molar-refractivity contribution is 7.89. The Hall–Kier alpha value is -1.81. The van der Waals surface area contributed by atoms with Crippen molar-refractivity contribution >= 4 is 27.3 Å². The maximum Gasteiger partial charge on any atom is 0.246 e. The molecule has 9 heteroatoms. The Morgan fingerprint density at radius 3 is 2.57 bits per heavy atom. The van der Waals surface area contributed by atoms with E-state index in [2.05, 4.69) is 23.3 Å². The van der Waals surface area contributed by atoms with Gasteiger partial charge in [0.2, 0.25) is 15.9 Å². The zero-order valence-corrected chi connectivity index (χ0v) is 18.6. The fraction of sp³-hybridized carbons (Fsp3) is 0.476. The van der Waals surface area contributed by atoms with Crippen molar-refractivity contribution < 1.29 is 17.6 Å². The first-order valence-electron chi connectivity index (χ1n) is 10.2. The average molecular weight is 452 g/mol. The topological polar surface area (TPSA) is 60.9 Å². The van der Waals surface area contributed by atoms with Crippen molar-refractivity contribution in [1.82, 2.24) is 14.1 Å². The van der Waals surface area contributed by atoms with Crippen LogP contribution in [0, 0.1) is 5.82 Å². The van der Waals surface area contributed by atoms with Crippen molar-refractivity contribution in [1.29, 1.82) is 0 Å². The van der Waals surface area contributed by atoms with Crippen LogP contribution in [-0.4, -0.2) is 67.7 Å². The van der Waals surface area contributed by atoms with E-state index >= 15 is 0 Å². The van der Waals surface area contributed by atoms with E-state index in [-0.39, 0.29) is 29.9 Å². The minimum Gasteiger partial charge on any atom is -0.339 e. The van der Waals surface area contributed by atoms with Gasteiger partial charge in [0.15, 0.2) is 0 Å². The van der Waals surface area contributed by atoms with E-state index in [1.165, 1.54) is 32.9 Å². The number of fused-ring (bicyclic) bond motifs is 1. The van der Waals surface area contributed by atoms with Gasteiger partial charge in [-0.25, -0.2) is 12.8 Å². The first-order valence-corrected chi connectivity index (χ1v) is 12.6. The second kappa shape index (κ2) is 8.74. The molecule has 1 saturated heterocycles. The molecule has 30 heavy (non-hydrogen) atoms. The van der Waals surface area contributed by atoms with E-state index in [0.29, 0.717) is 19.6 Å². The lowest BCUT2D eigenvalue weighted by molar-refractivity contribution is -0.134. The van der Waals surface area contributed by atoms with Crippen LogP contribution in [0.25, 0.3) is 0 Å². The minimum absolute atomic E-state index is 0.0232. The molecule has 162 valence electrons. The highest BCUT2D eigenvalue weighted by Gasteiger charge is 2.34. The number of hydrogen-bond donors (Lipinski definition) is 0.